The summed E-state index contributed by atoms with van der Waals surface area (Å²) in [4.78, 5) is 86.6. The first-order chi connectivity index (χ1) is 21.7. The molecule has 256 valence electrons. The minimum atomic E-state index is -1.70. The van der Waals surface area contributed by atoms with Crippen LogP contribution in [-0.4, -0.2) is 123 Å². The summed E-state index contributed by atoms with van der Waals surface area (Å²) in [5.74, 6) is -6.64. The third-order valence-corrected chi connectivity index (χ3v) is 7.17. The van der Waals surface area contributed by atoms with Gasteiger partial charge < -0.3 is 52.7 Å². The molecule has 0 bridgehead atoms. The third kappa shape index (κ3) is 14.2. The van der Waals surface area contributed by atoms with Gasteiger partial charge in [0.1, 0.15) is 30.2 Å². The predicted octanol–water partition coefficient (Wildman–Crippen LogP) is -3.31. The molecule has 0 radical (unpaired) electrons. The summed E-state index contributed by atoms with van der Waals surface area (Å²) < 4.78 is 0. The molecule has 0 aliphatic rings. The van der Waals surface area contributed by atoms with Crippen molar-refractivity contribution in [3.63, 3.8) is 0 Å². The van der Waals surface area contributed by atoms with Crippen LogP contribution in [-0.2, 0) is 40.0 Å². The number of rotatable bonds is 21. The fourth-order valence-corrected chi connectivity index (χ4v) is 4.34. The SMILES string of the molecule is CSCC[C@H](N)C(=O)N[C@@H](CCC(=O)O)C(=O)N[C@@H](C)C(=O)N[C@@H](Cc1ccccc1)C(=O)N[C@@H](CO)C(=O)N[C@@H](CO)C(=O)O. The van der Waals surface area contributed by atoms with Crippen molar-refractivity contribution in [3.8, 4) is 0 Å². The number of nitrogens with two attached hydrogens (primary N) is 1. The van der Waals surface area contributed by atoms with Crippen LogP contribution in [0.25, 0.3) is 0 Å². The number of amides is 5. The van der Waals surface area contributed by atoms with E-state index < -0.39 is 97.4 Å². The quantitative estimate of drug-likeness (QED) is 0.0614. The highest BCUT2D eigenvalue weighted by Crippen LogP contribution is 2.06. The molecule has 0 unspecified atom stereocenters. The van der Waals surface area contributed by atoms with E-state index in [0.29, 0.717) is 17.7 Å². The maximum atomic E-state index is 13.2. The summed E-state index contributed by atoms with van der Waals surface area (Å²) in [6.45, 7) is -0.608. The van der Waals surface area contributed by atoms with E-state index in [2.05, 4.69) is 21.3 Å². The highest BCUT2D eigenvalue weighted by molar-refractivity contribution is 7.98. The van der Waals surface area contributed by atoms with Gasteiger partial charge in [0, 0.05) is 12.8 Å². The fourth-order valence-electron chi connectivity index (χ4n) is 3.85. The Bertz CT molecular complexity index is 1210. The first kappa shape index (κ1) is 39.8. The third-order valence-electron chi connectivity index (χ3n) is 6.53. The van der Waals surface area contributed by atoms with Gasteiger partial charge in [0.05, 0.1) is 19.3 Å². The number of aliphatic carboxylic acids is 2. The average Bonchev–Trinajstić information content (AvgIpc) is 3.02. The van der Waals surface area contributed by atoms with E-state index in [1.165, 1.54) is 18.7 Å². The zero-order valence-electron chi connectivity index (χ0n) is 25.4. The van der Waals surface area contributed by atoms with Crippen LogP contribution in [0.5, 0.6) is 0 Å². The van der Waals surface area contributed by atoms with E-state index in [9.17, 15) is 38.7 Å². The van der Waals surface area contributed by atoms with Gasteiger partial charge in [-0.25, -0.2) is 4.79 Å². The number of carboxylic acid groups (broad SMARTS) is 2. The monoisotopic (exact) mass is 670 g/mol. The molecule has 0 fully saturated rings. The second-order valence-corrected chi connectivity index (χ2v) is 11.2. The van der Waals surface area contributed by atoms with Gasteiger partial charge in [0.15, 0.2) is 0 Å². The number of hydrogen-bond acceptors (Lipinski definition) is 11. The van der Waals surface area contributed by atoms with Gasteiger partial charge in [0.2, 0.25) is 29.5 Å². The average molecular weight is 671 g/mol. The molecule has 0 spiro atoms. The minimum absolute atomic E-state index is 0.0987. The smallest absolute Gasteiger partial charge is 0.328 e. The zero-order chi connectivity index (χ0) is 34.8. The summed E-state index contributed by atoms with van der Waals surface area (Å²) in [5, 5.41) is 48.5. The number of aliphatic hydroxyl groups is 2. The molecule has 5 amide bonds. The highest BCUT2D eigenvalue weighted by Gasteiger charge is 2.31. The molecule has 0 aromatic heterocycles. The van der Waals surface area contributed by atoms with Crippen molar-refractivity contribution >= 4 is 53.2 Å². The van der Waals surface area contributed by atoms with Gasteiger partial charge in [-0.05, 0) is 37.3 Å². The summed E-state index contributed by atoms with van der Waals surface area (Å²) in [7, 11) is 0. The first-order valence-electron chi connectivity index (χ1n) is 14.2. The Hall–Kier alpha value is -4.26. The van der Waals surface area contributed by atoms with E-state index in [4.69, 9.17) is 21.1 Å². The maximum absolute atomic E-state index is 13.2. The molecule has 6 atom stereocenters. The highest BCUT2D eigenvalue weighted by atomic mass is 32.2. The molecule has 46 heavy (non-hydrogen) atoms. The maximum Gasteiger partial charge on any atom is 0.328 e. The molecule has 0 saturated carbocycles. The topological polar surface area (TPSA) is 287 Å². The first-order valence-corrected chi connectivity index (χ1v) is 15.6. The Morgan fingerprint density at radius 1 is 0.717 bits per heavy atom. The van der Waals surface area contributed by atoms with E-state index in [1.54, 1.807) is 30.3 Å². The molecule has 0 aliphatic heterocycles. The van der Waals surface area contributed by atoms with Gasteiger partial charge in [-0.2, -0.15) is 11.8 Å². The number of nitrogens with one attached hydrogen (secondary N) is 5. The Labute approximate surface area is 269 Å². The Morgan fingerprint density at radius 2 is 1.24 bits per heavy atom. The lowest BCUT2D eigenvalue weighted by molar-refractivity contribution is -0.143. The fraction of sp³-hybridized carbons (Fsp3) is 0.536. The molecular weight excluding hydrogens is 628 g/mol. The number of carboxylic acids is 2. The van der Waals surface area contributed by atoms with E-state index in [-0.39, 0.29) is 12.8 Å². The molecule has 18 heteroatoms. The molecule has 0 saturated heterocycles. The normalized spacial score (nSPS) is 14.7. The molecule has 17 nitrogen and oxygen atoms in total. The van der Waals surface area contributed by atoms with Gasteiger partial charge in [0.25, 0.3) is 0 Å². The lowest BCUT2D eigenvalue weighted by atomic mass is 10.0. The van der Waals surface area contributed by atoms with Crippen LogP contribution in [0.1, 0.15) is 31.7 Å². The number of aliphatic hydroxyl groups excluding tert-OH is 2. The summed E-state index contributed by atoms with van der Waals surface area (Å²) in [6, 6.07) is 0.110. The van der Waals surface area contributed by atoms with E-state index in [0.717, 1.165) is 0 Å². The van der Waals surface area contributed by atoms with Crippen molar-refractivity contribution in [3.05, 3.63) is 35.9 Å². The van der Waals surface area contributed by atoms with Crippen molar-refractivity contribution in [2.24, 2.45) is 5.73 Å². The second-order valence-electron chi connectivity index (χ2n) is 10.2. The number of benzene rings is 1. The molecule has 0 aliphatic carbocycles. The lowest BCUT2D eigenvalue weighted by Gasteiger charge is -2.25. The molecule has 1 aromatic carbocycles. The standard InChI is InChI=1S/C28H42N6O11S/c1-15(30-25(41)18(8-9-22(37)38)31-24(40)17(29)10-11-46-2)23(39)32-19(12-16-6-4-3-5-7-16)26(42)33-20(13-35)27(43)34-21(14-36)28(44)45/h3-7,15,17-21,35-36H,8-14,29H2,1-2H3,(H,30,41)(H,31,40)(H,32,39)(H,33,42)(H,34,43)(H,37,38)(H,44,45)/t15-,17-,18-,19-,20-,21-/m0/s1. The van der Waals surface area contributed by atoms with Gasteiger partial charge >= 0.3 is 11.9 Å². The van der Waals surface area contributed by atoms with Crippen LogP contribution in [0.4, 0.5) is 0 Å². The van der Waals surface area contributed by atoms with Gasteiger partial charge in [-0.1, -0.05) is 30.3 Å². The van der Waals surface area contributed by atoms with Crippen molar-refractivity contribution in [1.82, 2.24) is 26.6 Å². The van der Waals surface area contributed by atoms with Gasteiger partial charge in [-0.15, -0.1) is 0 Å². The largest absolute Gasteiger partial charge is 0.481 e. The van der Waals surface area contributed by atoms with Crippen LogP contribution in [0.15, 0.2) is 30.3 Å². The Morgan fingerprint density at radius 3 is 1.78 bits per heavy atom. The van der Waals surface area contributed by atoms with Crippen molar-refractivity contribution in [2.75, 3.05) is 25.2 Å². The number of carbonyl (C=O) groups excluding carboxylic acids is 5. The summed E-state index contributed by atoms with van der Waals surface area (Å²) >= 11 is 1.46. The van der Waals surface area contributed by atoms with Crippen molar-refractivity contribution in [2.45, 2.75) is 68.9 Å². The van der Waals surface area contributed by atoms with Crippen molar-refractivity contribution < 1.29 is 54.0 Å². The van der Waals surface area contributed by atoms with Crippen LogP contribution in [0, 0.1) is 0 Å². The number of hydrogen-bond donors (Lipinski definition) is 10. The lowest BCUT2D eigenvalue weighted by Crippen LogP contribution is -2.60. The summed E-state index contributed by atoms with van der Waals surface area (Å²) in [5.41, 5.74) is 6.45. The molecule has 11 N–H and O–H groups in total. The zero-order valence-corrected chi connectivity index (χ0v) is 26.2. The number of carbonyl (C=O) groups is 7. The predicted molar refractivity (Wildman–Crippen MR) is 165 cm³/mol. The van der Waals surface area contributed by atoms with Crippen molar-refractivity contribution in [1.29, 1.82) is 0 Å². The molecule has 0 heterocycles. The second kappa shape index (κ2) is 20.7. The van der Waals surface area contributed by atoms with Crippen LogP contribution in [0.3, 0.4) is 0 Å². The van der Waals surface area contributed by atoms with Crippen LogP contribution in [0.2, 0.25) is 0 Å². The van der Waals surface area contributed by atoms with Crippen LogP contribution >= 0.6 is 11.8 Å². The Kier molecular flexibility index (Phi) is 17.9. The Balaban J connectivity index is 3.07. The van der Waals surface area contributed by atoms with E-state index >= 15 is 0 Å². The van der Waals surface area contributed by atoms with Crippen LogP contribution < -0.4 is 32.3 Å². The number of thioether (sulfide) groups is 1. The van der Waals surface area contributed by atoms with Gasteiger partial charge in [-0.3, -0.25) is 28.8 Å². The summed E-state index contributed by atoms with van der Waals surface area (Å²) in [6.07, 6.45) is 1.27. The van der Waals surface area contributed by atoms with E-state index in [1.807, 2.05) is 11.6 Å². The minimum Gasteiger partial charge on any atom is -0.481 e. The molecule has 1 aromatic rings. The molecular formula is C28H42N6O11S. The molecule has 1 rings (SSSR count).